The molecule has 6 heteroatoms. The van der Waals surface area contributed by atoms with E-state index < -0.39 is 37.3 Å². The first-order valence-electron chi connectivity index (χ1n) is 3.71. The van der Waals surface area contributed by atoms with Gasteiger partial charge in [0, 0.05) is 0 Å². The molecule has 0 aromatic heterocycles. The molecule has 5 atom stereocenters. The summed E-state index contributed by atoms with van der Waals surface area (Å²) in [6, 6.07) is -0.789. The van der Waals surface area contributed by atoms with Crippen molar-refractivity contribution in [2.45, 2.75) is 30.6 Å². The van der Waals surface area contributed by atoms with Crippen LogP contribution in [0.1, 0.15) is 0 Å². The van der Waals surface area contributed by atoms with E-state index in [2.05, 4.69) is 5.73 Å². The fourth-order valence-corrected chi connectivity index (χ4v) is 1.15. The van der Waals surface area contributed by atoms with Crippen LogP contribution in [-0.2, 0) is 4.74 Å². The lowest BCUT2D eigenvalue weighted by Crippen LogP contribution is -2.77. The van der Waals surface area contributed by atoms with Crippen LogP contribution < -0.4 is 5.73 Å². The average Bonchev–Trinajstić information content (AvgIpc) is 2.08. The smallest absolute Gasteiger partial charge is 0.211 e. The second kappa shape index (κ2) is 3.65. The van der Waals surface area contributed by atoms with E-state index in [4.69, 9.17) is 14.9 Å². The summed E-state index contributed by atoms with van der Waals surface area (Å²) in [4.78, 5) is 0. The third kappa shape index (κ3) is 1.58. The summed E-state index contributed by atoms with van der Waals surface area (Å²) in [5, 5.41) is 36.3. The van der Waals surface area contributed by atoms with Crippen molar-refractivity contribution in [3.63, 3.8) is 0 Å². The van der Waals surface area contributed by atoms with E-state index in [1.165, 1.54) is 0 Å². The summed E-state index contributed by atoms with van der Waals surface area (Å²) in [7, 11) is 0. The Bertz CT molecular complexity index is 150. The summed E-state index contributed by atoms with van der Waals surface area (Å²) in [5.41, 5.74) is 3.41. The molecule has 1 rings (SSSR count). The molecule has 1 saturated heterocycles. The molecule has 12 heavy (non-hydrogen) atoms. The topological polar surface area (TPSA) is 118 Å². The van der Waals surface area contributed by atoms with Gasteiger partial charge in [-0.3, -0.25) is 0 Å². The molecular formula is C6H14NO5+. The fraction of sp³-hybridized carbons (Fsp3) is 1.00. The first-order chi connectivity index (χ1) is 5.57. The number of hydrogen-bond acceptors (Lipinski definition) is 5. The van der Waals surface area contributed by atoms with Crippen LogP contribution in [0.2, 0.25) is 0 Å². The zero-order valence-electron chi connectivity index (χ0n) is 6.50. The minimum absolute atomic E-state index is 0.442. The molecule has 72 valence electrons. The Morgan fingerprint density at radius 2 is 1.75 bits per heavy atom. The van der Waals surface area contributed by atoms with Crippen molar-refractivity contribution in [1.82, 2.24) is 0 Å². The van der Waals surface area contributed by atoms with E-state index in [9.17, 15) is 10.2 Å². The van der Waals surface area contributed by atoms with Crippen molar-refractivity contribution in [2.75, 3.05) is 6.61 Å². The van der Waals surface area contributed by atoms with Gasteiger partial charge in [-0.15, -0.1) is 0 Å². The predicted octanol–water partition coefficient (Wildman–Crippen LogP) is -3.97. The number of quaternary nitrogens is 1. The number of ether oxygens (including phenoxy) is 1. The Labute approximate surface area is 69.2 Å². The van der Waals surface area contributed by atoms with Gasteiger partial charge in [0.25, 0.3) is 0 Å². The lowest BCUT2D eigenvalue weighted by molar-refractivity contribution is -0.497. The lowest BCUT2D eigenvalue weighted by atomic mass is 9.98. The minimum atomic E-state index is -1.24. The maximum Gasteiger partial charge on any atom is 0.211 e. The highest BCUT2D eigenvalue weighted by Crippen LogP contribution is 2.16. The summed E-state index contributed by atoms with van der Waals surface area (Å²) < 4.78 is 4.76. The Morgan fingerprint density at radius 3 is 2.25 bits per heavy atom. The summed E-state index contributed by atoms with van der Waals surface area (Å²) >= 11 is 0. The van der Waals surface area contributed by atoms with Gasteiger partial charge in [-0.05, 0) is 0 Å². The zero-order chi connectivity index (χ0) is 9.30. The Morgan fingerprint density at radius 1 is 1.17 bits per heavy atom. The van der Waals surface area contributed by atoms with Gasteiger partial charge in [0.05, 0.1) is 6.61 Å². The van der Waals surface area contributed by atoms with Gasteiger partial charge in [0.15, 0.2) is 6.04 Å². The van der Waals surface area contributed by atoms with Crippen LogP contribution in [0.5, 0.6) is 0 Å². The molecule has 1 aliphatic rings. The summed E-state index contributed by atoms with van der Waals surface area (Å²) in [5.74, 6) is 0. The largest absolute Gasteiger partial charge is 0.394 e. The molecule has 0 aliphatic carbocycles. The van der Waals surface area contributed by atoms with Crippen molar-refractivity contribution in [2.24, 2.45) is 0 Å². The molecule has 7 N–H and O–H groups in total. The number of rotatable bonds is 1. The second-order valence-electron chi connectivity index (χ2n) is 2.89. The number of aliphatic hydroxyl groups is 4. The molecule has 0 bridgehead atoms. The van der Waals surface area contributed by atoms with Gasteiger partial charge >= 0.3 is 0 Å². The standard InChI is InChI=1S/C6H13NO5/c7-3-5(10)4(9)2(1-8)12-6(3)11/h2-6,8-11H,1,7H2/p+1/t2-,3-,4+,5+,6-/m1/s1. The number of aliphatic hydroxyl groups excluding tert-OH is 4. The second-order valence-corrected chi connectivity index (χ2v) is 2.89. The van der Waals surface area contributed by atoms with E-state index in [1.54, 1.807) is 0 Å². The SMILES string of the molecule is [NH3+][C@@H]1[C@H](O)[C@@H](O)[C@@H](CO)O[C@H]1O. The quantitative estimate of drug-likeness (QED) is 0.282. The van der Waals surface area contributed by atoms with E-state index in [0.29, 0.717) is 0 Å². The Balaban J connectivity index is 2.63. The first kappa shape index (κ1) is 9.85. The van der Waals surface area contributed by atoms with Gasteiger partial charge in [0.2, 0.25) is 6.29 Å². The van der Waals surface area contributed by atoms with Gasteiger partial charge < -0.3 is 30.9 Å². The molecular weight excluding hydrogens is 166 g/mol. The highest BCUT2D eigenvalue weighted by Gasteiger charge is 2.43. The average molecular weight is 180 g/mol. The van der Waals surface area contributed by atoms with Crippen LogP contribution in [0.4, 0.5) is 0 Å². The Hall–Kier alpha value is -0.240. The van der Waals surface area contributed by atoms with Crippen LogP contribution in [0.15, 0.2) is 0 Å². The summed E-state index contributed by atoms with van der Waals surface area (Å²) in [6.45, 7) is -0.442. The van der Waals surface area contributed by atoms with E-state index in [0.717, 1.165) is 0 Å². The third-order valence-electron chi connectivity index (χ3n) is 2.03. The molecule has 0 saturated carbocycles. The fourth-order valence-electron chi connectivity index (χ4n) is 1.15. The van der Waals surface area contributed by atoms with E-state index >= 15 is 0 Å². The summed E-state index contributed by atoms with van der Waals surface area (Å²) in [6.07, 6.45) is -4.53. The van der Waals surface area contributed by atoms with Crippen LogP contribution in [0, 0.1) is 0 Å². The lowest BCUT2D eigenvalue weighted by Gasteiger charge is -2.36. The van der Waals surface area contributed by atoms with Gasteiger partial charge in [-0.1, -0.05) is 0 Å². The van der Waals surface area contributed by atoms with Crippen molar-refractivity contribution in [3.05, 3.63) is 0 Å². The maximum absolute atomic E-state index is 9.25. The minimum Gasteiger partial charge on any atom is -0.394 e. The zero-order valence-corrected chi connectivity index (χ0v) is 6.50. The molecule has 0 aromatic carbocycles. The molecule has 0 aromatic rings. The molecule has 0 unspecified atom stereocenters. The predicted molar refractivity (Wildman–Crippen MR) is 36.7 cm³/mol. The molecule has 6 nitrogen and oxygen atoms in total. The van der Waals surface area contributed by atoms with Crippen molar-refractivity contribution >= 4 is 0 Å². The van der Waals surface area contributed by atoms with Crippen molar-refractivity contribution in [3.8, 4) is 0 Å². The molecule has 0 spiro atoms. The number of hydrogen-bond donors (Lipinski definition) is 5. The molecule has 1 fully saturated rings. The molecule has 0 radical (unpaired) electrons. The van der Waals surface area contributed by atoms with E-state index in [-0.39, 0.29) is 0 Å². The normalized spacial score (nSPS) is 49.2. The molecule has 0 amide bonds. The highest BCUT2D eigenvalue weighted by molar-refractivity contribution is 4.87. The highest BCUT2D eigenvalue weighted by atomic mass is 16.6. The molecule has 1 aliphatic heterocycles. The van der Waals surface area contributed by atoms with Crippen molar-refractivity contribution in [1.29, 1.82) is 0 Å². The van der Waals surface area contributed by atoms with E-state index in [1.807, 2.05) is 0 Å². The third-order valence-corrected chi connectivity index (χ3v) is 2.03. The van der Waals surface area contributed by atoms with Gasteiger partial charge in [-0.25, -0.2) is 0 Å². The van der Waals surface area contributed by atoms with Gasteiger partial charge in [-0.2, -0.15) is 0 Å². The first-order valence-corrected chi connectivity index (χ1v) is 3.71. The van der Waals surface area contributed by atoms with Crippen LogP contribution in [0.3, 0.4) is 0 Å². The van der Waals surface area contributed by atoms with Crippen LogP contribution in [0.25, 0.3) is 0 Å². The molecule has 1 heterocycles. The monoisotopic (exact) mass is 180 g/mol. The Kier molecular flexibility index (Phi) is 2.99. The maximum atomic E-state index is 9.25. The van der Waals surface area contributed by atoms with Crippen LogP contribution in [-0.4, -0.2) is 57.7 Å². The van der Waals surface area contributed by atoms with Crippen LogP contribution >= 0.6 is 0 Å². The van der Waals surface area contributed by atoms with Crippen molar-refractivity contribution < 1.29 is 30.9 Å². The van der Waals surface area contributed by atoms with Gasteiger partial charge in [0.1, 0.15) is 18.3 Å².